The molecule has 0 aliphatic rings. The van der Waals surface area contributed by atoms with E-state index < -0.39 is 30.4 Å². The average molecular weight is 421 g/mol. The van der Waals surface area contributed by atoms with Gasteiger partial charge in [-0.2, -0.15) is 13.2 Å². The fourth-order valence-corrected chi connectivity index (χ4v) is 3.17. The Morgan fingerprint density at radius 1 is 1.43 bits per heavy atom. The quantitative estimate of drug-likeness (QED) is 0.718. The van der Waals surface area contributed by atoms with Crippen LogP contribution in [0.15, 0.2) is 23.0 Å². The molecule has 0 fully saturated rings. The molecule has 2 rings (SSSR count). The van der Waals surface area contributed by atoms with Gasteiger partial charge in [-0.25, -0.2) is 9.78 Å². The minimum atomic E-state index is -4.31. The minimum Gasteiger partial charge on any atom is -0.465 e. The number of halogens is 4. The van der Waals surface area contributed by atoms with Crippen molar-refractivity contribution in [2.45, 2.75) is 32.1 Å². The molecule has 1 unspecified atom stereocenters. The van der Waals surface area contributed by atoms with Gasteiger partial charge in [-0.05, 0) is 39.1 Å². The molecule has 0 aliphatic heterocycles. The first-order chi connectivity index (χ1) is 13.0. The van der Waals surface area contributed by atoms with Gasteiger partial charge >= 0.3 is 12.3 Å². The summed E-state index contributed by atoms with van der Waals surface area (Å²) in [6.07, 6.45) is -5.37. The van der Waals surface area contributed by atoms with Crippen LogP contribution in [0.5, 0.6) is 0 Å². The van der Waals surface area contributed by atoms with Crippen molar-refractivity contribution in [3.63, 3.8) is 0 Å². The number of aromatic nitrogens is 2. The van der Waals surface area contributed by atoms with Crippen LogP contribution in [0.4, 0.5) is 18.0 Å². The summed E-state index contributed by atoms with van der Waals surface area (Å²) in [5.41, 5.74) is -0.153. The number of alkyl halides is 3. The zero-order chi connectivity index (χ0) is 21.1. The van der Waals surface area contributed by atoms with E-state index in [-0.39, 0.29) is 35.7 Å². The third-order valence-corrected chi connectivity index (χ3v) is 4.38. The van der Waals surface area contributed by atoms with Gasteiger partial charge < -0.3 is 10.4 Å². The highest BCUT2D eigenvalue weighted by molar-refractivity contribution is 6.35. The van der Waals surface area contributed by atoms with Crippen LogP contribution in [0.1, 0.15) is 25.2 Å². The lowest BCUT2D eigenvalue weighted by Gasteiger charge is -2.21. The Morgan fingerprint density at radius 2 is 2.11 bits per heavy atom. The number of rotatable bonds is 7. The number of fused-ring (bicyclic) bond motifs is 1. The summed E-state index contributed by atoms with van der Waals surface area (Å²) in [4.78, 5) is 29.4. The summed E-state index contributed by atoms with van der Waals surface area (Å²) < 4.78 is 38.6. The van der Waals surface area contributed by atoms with Gasteiger partial charge in [-0.3, -0.25) is 14.3 Å². The molecule has 1 heterocycles. The van der Waals surface area contributed by atoms with Gasteiger partial charge in [0.1, 0.15) is 5.82 Å². The van der Waals surface area contributed by atoms with Gasteiger partial charge in [0.25, 0.3) is 5.56 Å². The topological polar surface area (TPSA) is 87.5 Å². The van der Waals surface area contributed by atoms with Gasteiger partial charge in [0.2, 0.25) is 0 Å². The lowest BCUT2D eigenvalue weighted by Crippen LogP contribution is -2.35. The normalized spacial score (nSPS) is 13.1. The zero-order valence-electron chi connectivity index (χ0n) is 15.3. The number of hydrogen-bond donors (Lipinski definition) is 2. The number of nitrogens with zero attached hydrogens (tertiary/aromatic N) is 3. The van der Waals surface area contributed by atoms with Gasteiger partial charge in [-0.15, -0.1) is 0 Å². The van der Waals surface area contributed by atoms with Crippen molar-refractivity contribution in [2.75, 3.05) is 20.1 Å². The number of carbonyl (C=O) groups is 1. The van der Waals surface area contributed by atoms with Crippen molar-refractivity contribution in [2.24, 2.45) is 0 Å². The highest BCUT2D eigenvalue weighted by Crippen LogP contribution is 2.21. The average Bonchev–Trinajstić information content (AvgIpc) is 2.54. The van der Waals surface area contributed by atoms with Gasteiger partial charge in [0.05, 0.1) is 28.5 Å². The van der Waals surface area contributed by atoms with E-state index >= 15 is 0 Å². The fourth-order valence-electron chi connectivity index (χ4n) is 2.92. The molecule has 11 heteroatoms. The summed E-state index contributed by atoms with van der Waals surface area (Å²) in [5.74, 6) is 0.167. The van der Waals surface area contributed by atoms with Crippen LogP contribution in [-0.2, 0) is 6.54 Å². The minimum absolute atomic E-state index is 0.0656. The Balaban J connectivity index is 2.35. The molecular weight excluding hydrogens is 401 g/mol. The number of hydrogen-bond acceptors (Lipinski definition) is 4. The van der Waals surface area contributed by atoms with Crippen LogP contribution in [0.25, 0.3) is 10.9 Å². The van der Waals surface area contributed by atoms with Crippen molar-refractivity contribution < 1.29 is 23.1 Å². The van der Waals surface area contributed by atoms with Crippen LogP contribution in [-0.4, -0.2) is 52.0 Å². The summed E-state index contributed by atoms with van der Waals surface area (Å²) >= 11 is 6.11. The molecule has 1 aromatic carbocycles. The molecule has 2 N–H and O–H groups in total. The van der Waals surface area contributed by atoms with Crippen LogP contribution in [0.2, 0.25) is 5.02 Å². The van der Waals surface area contributed by atoms with Gasteiger partial charge in [-0.1, -0.05) is 17.7 Å². The second-order valence-corrected chi connectivity index (χ2v) is 6.85. The first kappa shape index (κ1) is 22.0. The Kier molecular flexibility index (Phi) is 6.89. The second-order valence-electron chi connectivity index (χ2n) is 6.44. The van der Waals surface area contributed by atoms with Crippen LogP contribution in [0, 0.1) is 0 Å². The van der Waals surface area contributed by atoms with Gasteiger partial charge in [0.15, 0.2) is 0 Å². The van der Waals surface area contributed by atoms with Crippen molar-refractivity contribution in [1.29, 1.82) is 0 Å². The Morgan fingerprint density at radius 3 is 2.71 bits per heavy atom. The van der Waals surface area contributed by atoms with Crippen LogP contribution >= 0.6 is 11.6 Å². The van der Waals surface area contributed by atoms with Crippen LogP contribution < -0.4 is 10.9 Å². The molecule has 0 saturated carbocycles. The van der Waals surface area contributed by atoms with E-state index in [4.69, 9.17) is 16.7 Å². The summed E-state index contributed by atoms with van der Waals surface area (Å²) in [6.45, 7) is 0.620. The molecule has 28 heavy (non-hydrogen) atoms. The van der Waals surface area contributed by atoms with E-state index in [0.717, 1.165) is 4.90 Å². The van der Waals surface area contributed by atoms with Crippen molar-refractivity contribution in [3.8, 4) is 0 Å². The maximum atomic E-state index is 12.9. The predicted molar refractivity (Wildman–Crippen MR) is 98.8 cm³/mol. The van der Waals surface area contributed by atoms with E-state index in [2.05, 4.69) is 10.3 Å². The third-order valence-electron chi connectivity index (χ3n) is 4.06. The first-order valence-corrected chi connectivity index (χ1v) is 8.81. The highest BCUT2D eigenvalue weighted by atomic mass is 35.5. The number of nitrogens with one attached hydrogen (secondary N) is 1. The first-order valence-electron chi connectivity index (χ1n) is 8.43. The molecule has 0 saturated heterocycles. The monoisotopic (exact) mass is 420 g/mol. The second kappa shape index (κ2) is 8.78. The van der Waals surface area contributed by atoms with Crippen molar-refractivity contribution >= 4 is 28.6 Å². The maximum absolute atomic E-state index is 12.9. The molecule has 1 amide bonds. The summed E-state index contributed by atoms with van der Waals surface area (Å²) in [5, 5.41) is 11.6. The number of amides is 1. The Hall–Kier alpha value is -2.33. The fraction of sp³-hybridized carbons (Fsp3) is 0.471. The SMILES string of the molecule is CC(NC(=O)O)c1nc2cccc(Cl)c2c(=O)n1CCCN(C)CC(F)(F)F. The van der Waals surface area contributed by atoms with E-state index in [1.807, 2.05) is 0 Å². The lowest BCUT2D eigenvalue weighted by atomic mass is 10.2. The molecule has 0 aliphatic carbocycles. The molecular formula is C17H20ClF3N4O3. The molecule has 0 spiro atoms. The molecule has 2 aromatic rings. The molecule has 0 radical (unpaired) electrons. The molecule has 154 valence electrons. The zero-order valence-corrected chi connectivity index (χ0v) is 16.0. The molecule has 1 aromatic heterocycles. The molecule has 1 atom stereocenters. The Labute approximate surface area is 163 Å². The van der Waals surface area contributed by atoms with E-state index in [0.29, 0.717) is 5.52 Å². The molecule has 7 nitrogen and oxygen atoms in total. The molecule has 0 bridgehead atoms. The van der Waals surface area contributed by atoms with E-state index in [9.17, 15) is 22.8 Å². The number of carboxylic acid groups (broad SMARTS) is 1. The third kappa shape index (κ3) is 5.59. The van der Waals surface area contributed by atoms with E-state index in [1.54, 1.807) is 12.1 Å². The smallest absolute Gasteiger partial charge is 0.405 e. The summed E-state index contributed by atoms with van der Waals surface area (Å²) in [7, 11) is 1.33. The summed E-state index contributed by atoms with van der Waals surface area (Å²) in [6, 6.07) is 3.93. The van der Waals surface area contributed by atoms with Crippen LogP contribution in [0.3, 0.4) is 0 Å². The Bertz CT molecular complexity index is 917. The van der Waals surface area contributed by atoms with Gasteiger partial charge in [0, 0.05) is 6.54 Å². The van der Waals surface area contributed by atoms with E-state index in [1.165, 1.54) is 24.6 Å². The predicted octanol–water partition coefficient (Wildman–Crippen LogP) is 3.26. The highest BCUT2D eigenvalue weighted by Gasteiger charge is 2.29. The van der Waals surface area contributed by atoms with Crippen molar-refractivity contribution in [3.05, 3.63) is 39.4 Å². The lowest BCUT2D eigenvalue weighted by molar-refractivity contribution is -0.143. The maximum Gasteiger partial charge on any atom is 0.405 e. The standard InChI is InChI=1S/C17H20ClF3N4O3/c1-10(22-16(27)28)14-23-12-6-3-5-11(18)13(12)15(26)25(14)8-4-7-24(2)9-17(19,20)21/h3,5-6,10,22H,4,7-9H2,1-2H3,(H,27,28). The largest absolute Gasteiger partial charge is 0.465 e. The van der Waals surface area contributed by atoms with Crippen molar-refractivity contribution in [1.82, 2.24) is 19.8 Å². The number of benzene rings is 1.